The number of halogens is 2. The molecule has 9 heteroatoms. The summed E-state index contributed by atoms with van der Waals surface area (Å²) in [6.45, 7) is 8.41. The first-order valence-corrected chi connectivity index (χ1v) is 12.5. The molecule has 1 amide bonds. The van der Waals surface area contributed by atoms with E-state index >= 15 is 0 Å². The standard InChI is InChI=1S/C27H34ClFN4O3/c1-5-16(17-6-19(27(2,3)4)11-20(28)7-17)9-24(35)15-30-25(36)18-8-22(12-23(34)10-18)33-26-31-13-21(29)14-32-26/h6-8,10-12,16,21,34H,5,9,13-15H2,1-4H3,(H,30,36)(H2,31,32,33)/t16-/m1/s1. The molecule has 7 nitrogen and oxygen atoms in total. The maximum Gasteiger partial charge on any atom is 0.251 e. The van der Waals surface area contributed by atoms with Gasteiger partial charge < -0.3 is 21.1 Å². The normalized spacial score (nSPS) is 16.5. The molecule has 2 atom stereocenters. The van der Waals surface area contributed by atoms with Crippen molar-refractivity contribution in [3.8, 4) is 5.75 Å². The van der Waals surface area contributed by atoms with E-state index in [4.69, 9.17) is 11.6 Å². The SMILES string of the molecule is CC[C@H](CC(=O)CNC(=O)c1cc(O)cc(NC2=NCC(F)CN2)c1)c1cc(Cl)cc(C(C)(C)C)c1. The first kappa shape index (κ1) is 27.5. The van der Waals surface area contributed by atoms with Gasteiger partial charge in [0, 0.05) is 28.8 Å². The first-order valence-electron chi connectivity index (χ1n) is 12.1. The van der Waals surface area contributed by atoms with Gasteiger partial charge in [0.25, 0.3) is 5.91 Å². The molecule has 36 heavy (non-hydrogen) atoms. The number of aliphatic imine (C=N–C) groups is 1. The molecule has 0 saturated carbocycles. The largest absolute Gasteiger partial charge is 0.508 e. The molecule has 0 saturated heterocycles. The third-order valence-corrected chi connectivity index (χ3v) is 6.27. The fraction of sp³-hybridized carbons (Fsp3) is 0.444. The number of phenols is 1. The predicted octanol–water partition coefficient (Wildman–Crippen LogP) is 4.94. The second kappa shape index (κ2) is 11.7. The molecule has 194 valence electrons. The summed E-state index contributed by atoms with van der Waals surface area (Å²) >= 11 is 6.36. The fourth-order valence-electron chi connectivity index (χ4n) is 3.96. The Morgan fingerprint density at radius 1 is 1.22 bits per heavy atom. The van der Waals surface area contributed by atoms with Gasteiger partial charge in [-0.05, 0) is 53.1 Å². The highest BCUT2D eigenvalue weighted by Crippen LogP contribution is 2.32. The number of nitrogens with zero attached hydrogens (tertiary/aromatic N) is 1. The van der Waals surface area contributed by atoms with Crippen LogP contribution < -0.4 is 16.0 Å². The van der Waals surface area contributed by atoms with Crippen LogP contribution in [0.4, 0.5) is 10.1 Å². The number of Topliss-reactive ketones (excluding diaryl/α,β-unsaturated/α-hetero) is 1. The average Bonchev–Trinajstić information content (AvgIpc) is 2.81. The van der Waals surface area contributed by atoms with Crippen LogP contribution in [0.5, 0.6) is 5.75 Å². The summed E-state index contributed by atoms with van der Waals surface area (Å²) in [4.78, 5) is 29.5. The third-order valence-electron chi connectivity index (χ3n) is 6.05. The molecule has 1 aliphatic heterocycles. The van der Waals surface area contributed by atoms with E-state index in [0.717, 1.165) is 17.5 Å². The first-order chi connectivity index (χ1) is 16.9. The molecule has 0 radical (unpaired) electrons. The molecule has 0 spiro atoms. The van der Waals surface area contributed by atoms with E-state index in [-0.39, 0.29) is 54.5 Å². The number of guanidine groups is 1. The van der Waals surface area contributed by atoms with Crippen LogP contribution in [-0.4, -0.2) is 48.6 Å². The van der Waals surface area contributed by atoms with Gasteiger partial charge in [0.15, 0.2) is 11.7 Å². The average molecular weight is 517 g/mol. The second-order valence-electron chi connectivity index (χ2n) is 10.1. The van der Waals surface area contributed by atoms with E-state index in [0.29, 0.717) is 16.7 Å². The van der Waals surface area contributed by atoms with E-state index in [2.05, 4.69) is 47.8 Å². The van der Waals surface area contributed by atoms with Gasteiger partial charge in [-0.25, -0.2) is 9.38 Å². The van der Waals surface area contributed by atoms with Crippen molar-refractivity contribution in [2.45, 2.75) is 58.0 Å². The van der Waals surface area contributed by atoms with Crippen LogP contribution in [0.2, 0.25) is 5.02 Å². The van der Waals surface area contributed by atoms with Crippen molar-refractivity contribution in [1.82, 2.24) is 10.6 Å². The molecule has 0 aromatic heterocycles. The molecule has 2 aromatic rings. The lowest BCUT2D eigenvalue weighted by atomic mass is 9.83. The number of nitrogens with one attached hydrogen (secondary N) is 3. The molecular weight excluding hydrogens is 483 g/mol. The Morgan fingerprint density at radius 3 is 2.61 bits per heavy atom. The molecule has 0 aliphatic carbocycles. The molecule has 2 aromatic carbocycles. The topological polar surface area (TPSA) is 103 Å². The van der Waals surface area contributed by atoms with Crippen LogP contribution in [0.1, 0.15) is 67.9 Å². The number of alkyl halides is 1. The smallest absolute Gasteiger partial charge is 0.251 e. The highest BCUT2D eigenvalue weighted by molar-refractivity contribution is 6.30. The molecule has 3 rings (SSSR count). The van der Waals surface area contributed by atoms with Crippen LogP contribution in [0.25, 0.3) is 0 Å². The summed E-state index contributed by atoms with van der Waals surface area (Å²) in [6.07, 6.45) is -0.0220. The number of carbonyl (C=O) groups is 2. The molecule has 0 bridgehead atoms. The number of carbonyl (C=O) groups excluding carboxylic acids is 2. The number of benzene rings is 2. The van der Waals surface area contributed by atoms with E-state index in [1.807, 2.05) is 19.1 Å². The van der Waals surface area contributed by atoms with Crippen LogP contribution in [0.15, 0.2) is 41.4 Å². The van der Waals surface area contributed by atoms with Gasteiger partial charge in [0.2, 0.25) is 0 Å². The lowest BCUT2D eigenvalue weighted by Gasteiger charge is -2.23. The number of ketones is 1. The van der Waals surface area contributed by atoms with Gasteiger partial charge >= 0.3 is 0 Å². The molecule has 0 fully saturated rings. The minimum atomic E-state index is -1.05. The van der Waals surface area contributed by atoms with Crippen LogP contribution in [0.3, 0.4) is 0 Å². The van der Waals surface area contributed by atoms with Crippen LogP contribution >= 0.6 is 11.6 Å². The quantitative estimate of drug-likeness (QED) is 0.398. The highest BCUT2D eigenvalue weighted by atomic mass is 35.5. The van der Waals surface area contributed by atoms with E-state index in [9.17, 15) is 19.1 Å². The zero-order chi connectivity index (χ0) is 26.5. The summed E-state index contributed by atoms with van der Waals surface area (Å²) in [6, 6.07) is 10.2. The van der Waals surface area contributed by atoms with Crippen LogP contribution in [-0.2, 0) is 10.2 Å². The van der Waals surface area contributed by atoms with Gasteiger partial charge in [-0.1, -0.05) is 45.4 Å². The molecular formula is C27H34ClFN4O3. The minimum absolute atomic E-state index is 0.0153. The van der Waals surface area contributed by atoms with Gasteiger partial charge in [-0.3, -0.25) is 9.59 Å². The Balaban J connectivity index is 1.62. The molecule has 1 aliphatic rings. The highest BCUT2D eigenvalue weighted by Gasteiger charge is 2.21. The third kappa shape index (κ3) is 7.68. The van der Waals surface area contributed by atoms with Crippen molar-refractivity contribution in [2.24, 2.45) is 4.99 Å². The molecule has 1 unspecified atom stereocenters. The number of rotatable bonds is 8. The van der Waals surface area contributed by atoms with Gasteiger partial charge in [0.1, 0.15) is 11.9 Å². The van der Waals surface area contributed by atoms with Gasteiger partial charge in [-0.2, -0.15) is 0 Å². The van der Waals surface area contributed by atoms with Crippen molar-refractivity contribution >= 4 is 34.9 Å². The Bertz CT molecular complexity index is 1150. The van der Waals surface area contributed by atoms with Crippen molar-refractivity contribution in [3.05, 3.63) is 58.1 Å². The van der Waals surface area contributed by atoms with Crippen molar-refractivity contribution < 1.29 is 19.1 Å². The minimum Gasteiger partial charge on any atom is -0.508 e. The summed E-state index contributed by atoms with van der Waals surface area (Å²) < 4.78 is 13.2. The van der Waals surface area contributed by atoms with E-state index < -0.39 is 12.1 Å². The Morgan fingerprint density at radius 2 is 1.97 bits per heavy atom. The summed E-state index contributed by atoms with van der Waals surface area (Å²) in [5.41, 5.74) is 2.65. The summed E-state index contributed by atoms with van der Waals surface area (Å²) in [7, 11) is 0. The van der Waals surface area contributed by atoms with Crippen molar-refractivity contribution in [1.29, 1.82) is 0 Å². The number of hydrogen-bond acceptors (Lipinski definition) is 6. The molecule has 4 N–H and O–H groups in total. The second-order valence-corrected chi connectivity index (χ2v) is 10.6. The molecule has 1 heterocycles. The van der Waals surface area contributed by atoms with E-state index in [1.165, 1.54) is 18.2 Å². The van der Waals surface area contributed by atoms with Crippen molar-refractivity contribution in [2.75, 3.05) is 25.0 Å². The van der Waals surface area contributed by atoms with Crippen molar-refractivity contribution in [3.63, 3.8) is 0 Å². The Kier molecular flexibility index (Phi) is 8.95. The van der Waals surface area contributed by atoms with Gasteiger partial charge in [-0.15, -0.1) is 0 Å². The van der Waals surface area contributed by atoms with Crippen LogP contribution in [0, 0.1) is 0 Å². The lowest BCUT2D eigenvalue weighted by molar-refractivity contribution is -0.118. The Labute approximate surface area is 216 Å². The number of phenolic OH excluding ortho intramolecular Hbond substituents is 1. The number of aromatic hydroxyl groups is 1. The monoisotopic (exact) mass is 516 g/mol. The maximum atomic E-state index is 13.2. The summed E-state index contributed by atoms with van der Waals surface area (Å²) in [5.74, 6) is -0.378. The fourth-order valence-corrected chi connectivity index (χ4v) is 4.20. The summed E-state index contributed by atoms with van der Waals surface area (Å²) in [5, 5.41) is 19.1. The van der Waals surface area contributed by atoms with Gasteiger partial charge in [0.05, 0.1) is 19.6 Å². The lowest BCUT2D eigenvalue weighted by Crippen LogP contribution is -2.40. The zero-order valence-electron chi connectivity index (χ0n) is 21.1. The van der Waals surface area contributed by atoms with E-state index in [1.54, 1.807) is 0 Å². The number of hydrogen-bond donors (Lipinski definition) is 4. The maximum absolute atomic E-state index is 13.2. The Hall–Kier alpha value is -3.13. The number of anilines is 1. The predicted molar refractivity (Wildman–Crippen MR) is 142 cm³/mol. The number of amides is 1. The zero-order valence-corrected chi connectivity index (χ0v) is 21.9.